The molecule has 0 aliphatic heterocycles. The molecule has 0 heterocycles. The van der Waals surface area contributed by atoms with Crippen LogP contribution in [0.3, 0.4) is 0 Å². The van der Waals surface area contributed by atoms with Crippen LogP contribution in [-0.4, -0.2) is 41.9 Å². The van der Waals surface area contributed by atoms with Crippen LogP contribution in [0, 0.1) is 5.92 Å². The average Bonchev–Trinajstić information content (AvgIpc) is 2.27. The van der Waals surface area contributed by atoms with Gasteiger partial charge >= 0.3 is 11.9 Å². The summed E-state index contributed by atoms with van der Waals surface area (Å²) in [6, 6.07) is 0. The third-order valence-electron chi connectivity index (χ3n) is 2.96. The lowest BCUT2D eigenvalue weighted by molar-refractivity contribution is -0.153. The van der Waals surface area contributed by atoms with Gasteiger partial charge in [-0.15, -0.1) is 0 Å². The van der Waals surface area contributed by atoms with Gasteiger partial charge in [-0.1, -0.05) is 19.8 Å². The van der Waals surface area contributed by atoms with E-state index >= 15 is 0 Å². The molecule has 2 unspecified atom stereocenters. The van der Waals surface area contributed by atoms with E-state index in [4.69, 9.17) is 5.11 Å². The highest BCUT2D eigenvalue weighted by atomic mass is 32.2. The predicted octanol–water partition coefficient (Wildman–Crippen LogP) is 0.697. The molecule has 0 bridgehead atoms. The summed E-state index contributed by atoms with van der Waals surface area (Å²) in [6.07, 6.45) is 0.510. The van der Waals surface area contributed by atoms with Crippen molar-refractivity contribution in [3.8, 4) is 0 Å². The lowest BCUT2D eigenvalue weighted by Gasteiger charge is -2.30. The molecule has 0 aromatic carbocycles. The molecule has 0 aromatic rings. The van der Waals surface area contributed by atoms with Gasteiger partial charge in [0.15, 0.2) is 0 Å². The van der Waals surface area contributed by atoms with Crippen molar-refractivity contribution in [1.82, 2.24) is 0 Å². The maximum Gasteiger partial charge on any atom is 0.330 e. The summed E-state index contributed by atoms with van der Waals surface area (Å²) in [4.78, 5) is 22.7. The van der Waals surface area contributed by atoms with Crippen LogP contribution in [0.1, 0.15) is 33.1 Å². The lowest BCUT2D eigenvalue weighted by atomic mass is 9.88. The van der Waals surface area contributed by atoms with Crippen molar-refractivity contribution >= 4 is 22.1 Å². The number of carbonyl (C=O) groups excluding carboxylic acids is 1. The molecule has 0 aliphatic carbocycles. The molecular formula is C10H18O7S. The summed E-state index contributed by atoms with van der Waals surface area (Å²) in [5.41, 5.74) is 0. The summed E-state index contributed by atoms with van der Waals surface area (Å²) < 4.78 is 34.2. The molecule has 7 nitrogen and oxygen atoms in total. The minimum absolute atomic E-state index is 0.270. The Kier molecular flexibility index (Phi) is 5.75. The van der Waals surface area contributed by atoms with Gasteiger partial charge in [-0.05, 0) is 13.3 Å². The molecule has 8 heteroatoms. The number of rotatable bonds is 7. The Morgan fingerprint density at radius 3 is 2.17 bits per heavy atom. The van der Waals surface area contributed by atoms with Crippen LogP contribution in [0.25, 0.3) is 0 Å². The zero-order chi connectivity index (χ0) is 14.6. The van der Waals surface area contributed by atoms with Crippen molar-refractivity contribution in [2.45, 2.75) is 37.9 Å². The molecule has 18 heavy (non-hydrogen) atoms. The van der Waals surface area contributed by atoms with Gasteiger partial charge in [0.1, 0.15) is 0 Å². The minimum Gasteiger partial charge on any atom is -0.481 e. The molecule has 0 aliphatic rings. The molecule has 0 rings (SSSR count). The smallest absolute Gasteiger partial charge is 0.330 e. The second-order valence-electron chi connectivity index (χ2n) is 4.02. The quantitative estimate of drug-likeness (QED) is 0.521. The Labute approximate surface area is 106 Å². The molecule has 0 saturated heterocycles. The third kappa shape index (κ3) is 2.99. The SMILES string of the molecule is CCCCC(C(=O)OC)(C(C)C(=O)O)S(=O)(=O)O. The second-order valence-corrected chi connectivity index (χ2v) is 5.70. The Morgan fingerprint density at radius 1 is 1.39 bits per heavy atom. The van der Waals surface area contributed by atoms with Gasteiger partial charge < -0.3 is 9.84 Å². The van der Waals surface area contributed by atoms with E-state index < -0.39 is 32.7 Å². The summed E-state index contributed by atoms with van der Waals surface area (Å²) in [5, 5.41) is 8.94. The number of hydrogen-bond donors (Lipinski definition) is 2. The minimum atomic E-state index is -4.91. The zero-order valence-corrected chi connectivity index (χ0v) is 11.4. The van der Waals surface area contributed by atoms with Crippen molar-refractivity contribution in [3.05, 3.63) is 0 Å². The molecule has 0 aromatic heterocycles. The van der Waals surface area contributed by atoms with E-state index in [9.17, 15) is 22.6 Å². The molecule has 0 saturated carbocycles. The molecule has 106 valence electrons. The monoisotopic (exact) mass is 282 g/mol. The topological polar surface area (TPSA) is 118 Å². The van der Waals surface area contributed by atoms with Crippen LogP contribution >= 0.6 is 0 Å². The number of carboxylic acid groups (broad SMARTS) is 1. The van der Waals surface area contributed by atoms with Crippen LogP contribution in [0.2, 0.25) is 0 Å². The molecule has 0 amide bonds. The van der Waals surface area contributed by atoms with Gasteiger partial charge in [0, 0.05) is 0 Å². The normalized spacial score (nSPS) is 16.7. The van der Waals surface area contributed by atoms with E-state index in [0.717, 1.165) is 14.0 Å². The number of unbranched alkanes of at least 4 members (excludes halogenated alkanes) is 1. The van der Waals surface area contributed by atoms with Crippen molar-refractivity contribution in [2.24, 2.45) is 5.92 Å². The van der Waals surface area contributed by atoms with Gasteiger partial charge in [0.25, 0.3) is 10.1 Å². The Balaban J connectivity index is 5.87. The lowest BCUT2D eigenvalue weighted by Crippen LogP contribution is -2.54. The molecule has 2 atom stereocenters. The molecule has 2 N–H and O–H groups in total. The number of aliphatic carboxylic acids is 1. The predicted molar refractivity (Wildman–Crippen MR) is 62.6 cm³/mol. The maximum absolute atomic E-state index is 11.7. The molecule has 0 spiro atoms. The van der Waals surface area contributed by atoms with Crippen molar-refractivity contribution in [1.29, 1.82) is 0 Å². The van der Waals surface area contributed by atoms with Crippen LogP contribution in [-0.2, 0) is 24.4 Å². The van der Waals surface area contributed by atoms with Crippen LogP contribution in [0.5, 0.6) is 0 Å². The number of hydrogen-bond acceptors (Lipinski definition) is 5. The van der Waals surface area contributed by atoms with Gasteiger partial charge in [-0.25, -0.2) is 0 Å². The van der Waals surface area contributed by atoms with Crippen molar-refractivity contribution in [2.75, 3.05) is 7.11 Å². The van der Waals surface area contributed by atoms with Crippen molar-refractivity contribution < 1.29 is 32.4 Å². The standard InChI is InChI=1S/C10H18O7S/c1-4-5-6-10(9(13)17-3,18(14,15)16)7(2)8(11)12/h7H,4-6H2,1-3H3,(H,11,12)(H,14,15,16). The molecule has 0 fully saturated rings. The Morgan fingerprint density at radius 2 is 1.89 bits per heavy atom. The highest BCUT2D eigenvalue weighted by molar-refractivity contribution is 7.88. The summed E-state index contributed by atoms with van der Waals surface area (Å²) >= 11 is 0. The first-order valence-corrected chi connectivity index (χ1v) is 6.87. The highest BCUT2D eigenvalue weighted by Gasteiger charge is 2.57. The van der Waals surface area contributed by atoms with Gasteiger partial charge in [0.2, 0.25) is 4.75 Å². The number of methoxy groups -OCH3 is 1. The van der Waals surface area contributed by atoms with Crippen LogP contribution in [0.15, 0.2) is 0 Å². The number of ether oxygens (including phenoxy) is 1. The Hall–Kier alpha value is -1.15. The van der Waals surface area contributed by atoms with Crippen LogP contribution in [0.4, 0.5) is 0 Å². The maximum atomic E-state index is 11.7. The molecular weight excluding hydrogens is 264 g/mol. The van der Waals surface area contributed by atoms with Gasteiger partial charge in [-0.3, -0.25) is 14.1 Å². The highest BCUT2D eigenvalue weighted by Crippen LogP contribution is 2.34. The summed E-state index contributed by atoms with van der Waals surface area (Å²) in [7, 11) is -3.96. The average molecular weight is 282 g/mol. The molecule has 0 radical (unpaired) electrons. The number of esters is 1. The summed E-state index contributed by atoms with van der Waals surface area (Å²) in [6.45, 7) is 2.81. The number of carbonyl (C=O) groups is 2. The Bertz CT molecular complexity index is 414. The number of carboxylic acids is 1. The van der Waals surface area contributed by atoms with E-state index in [1.54, 1.807) is 6.92 Å². The van der Waals surface area contributed by atoms with Crippen molar-refractivity contribution in [3.63, 3.8) is 0 Å². The largest absolute Gasteiger partial charge is 0.481 e. The summed E-state index contributed by atoms with van der Waals surface area (Å²) in [5.74, 6) is -4.35. The van der Waals surface area contributed by atoms with Gasteiger partial charge in [-0.2, -0.15) is 8.42 Å². The van der Waals surface area contributed by atoms with Crippen LogP contribution < -0.4 is 0 Å². The third-order valence-corrected chi connectivity index (χ3v) is 4.61. The van der Waals surface area contributed by atoms with E-state index in [0.29, 0.717) is 6.42 Å². The van der Waals surface area contributed by atoms with E-state index in [-0.39, 0.29) is 12.8 Å². The van der Waals surface area contributed by atoms with E-state index in [1.165, 1.54) is 0 Å². The van der Waals surface area contributed by atoms with E-state index in [1.807, 2.05) is 0 Å². The first-order valence-electron chi connectivity index (χ1n) is 5.43. The fourth-order valence-electron chi connectivity index (χ4n) is 1.76. The van der Waals surface area contributed by atoms with E-state index in [2.05, 4.69) is 4.74 Å². The fourth-order valence-corrected chi connectivity index (χ4v) is 3.01. The second kappa shape index (κ2) is 6.14. The fraction of sp³-hybridized carbons (Fsp3) is 0.800. The first kappa shape index (κ1) is 16.9. The first-order chi connectivity index (χ1) is 8.15. The zero-order valence-electron chi connectivity index (χ0n) is 10.5. The van der Waals surface area contributed by atoms with Gasteiger partial charge in [0.05, 0.1) is 13.0 Å².